The molecule has 0 fully saturated rings. The van der Waals surface area contributed by atoms with Gasteiger partial charge in [-0.05, 0) is 71.8 Å². The lowest BCUT2D eigenvalue weighted by atomic mass is 9.98. The van der Waals surface area contributed by atoms with E-state index in [-0.39, 0.29) is 0 Å². The molecule has 0 saturated heterocycles. The molecule has 55 heavy (non-hydrogen) atoms. The Balaban J connectivity index is 1.14. The minimum atomic E-state index is 0.590. The van der Waals surface area contributed by atoms with Crippen LogP contribution in [0.4, 0.5) is 0 Å². The van der Waals surface area contributed by atoms with Crippen LogP contribution in [-0.4, -0.2) is 28.9 Å². The van der Waals surface area contributed by atoms with E-state index in [9.17, 15) is 0 Å². The largest absolute Gasteiger partial charge is 0.456 e. The molecule has 0 N–H and O–H groups in total. The number of furan rings is 1. The van der Waals surface area contributed by atoms with Gasteiger partial charge in [0, 0.05) is 33.2 Å². The first-order valence-electron chi connectivity index (χ1n) is 18.0. The standard InChI is InChI=1S/C47H28N6OS/c55-47-46-48-36-20-10-11-21-37(36)53(46)39-28-31(23-25-38(39)52(47)33-17-8-3-9-18-33)34-19-12-22-41-42(34)35-27-32(24-26-40(35)54-41)45-50-43(29-13-4-1-5-14-29)49-44(51-45)30-15-6-2-7-16-30/h1-28H. The Morgan fingerprint density at radius 2 is 1.09 bits per heavy atom. The molecule has 0 spiro atoms. The molecule has 0 radical (unpaired) electrons. The molecule has 0 aliphatic heterocycles. The number of fused-ring (bicyclic) bond motifs is 8. The Morgan fingerprint density at radius 3 is 1.82 bits per heavy atom. The molecule has 258 valence electrons. The van der Waals surface area contributed by atoms with Crippen LogP contribution in [0.2, 0.25) is 0 Å². The summed E-state index contributed by atoms with van der Waals surface area (Å²) in [6, 6.07) is 57.5. The van der Waals surface area contributed by atoms with Gasteiger partial charge in [-0.3, -0.25) is 8.97 Å². The summed E-state index contributed by atoms with van der Waals surface area (Å²) in [5.41, 5.74) is 12.0. The molecule has 0 saturated carbocycles. The Kier molecular flexibility index (Phi) is 7.05. The number of nitrogens with zero attached hydrogens (tertiary/aromatic N) is 6. The predicted molar refractivity (Wildman–Crippen MR) is 223 cm³/mol. The third-order valence-electron chi connectivity index (χ3n) is 10.2. The number of benzene rings is 7. The van der Waals surface area contributed by atoms with Gasteiger partial charge in [-0.1, -0.05) is 121 Å². The summed E-state index contributed by atoms with van der Waals surface area (Å²) in [7, 11) is 0. The van der Waals surface area contributed by atoms with Gasteiger partial charge in [-0.2, -0.15) is 0 Å². The van der Waals surface area contributed by atoms with Crippen molar-refractivity contribution in [2.45, 2.75) is 0 Å². The van der Waals surface area contributed by atoms with E-state index in [1.54, 1.807) is 0 Å². The molecule has 4 aromatic heterocycles. The second-order valence-electron chi connectivity index (χ2n) is 13.5. The van der Waals surface area contributed by atoms with E-state index in [0.29, 0.717) is 22.1 Å². The molecule has 0 atom stereocenters. The molecule has 11 rings (SSSR count). The van der Waals surface area contributed by atoms with E-state index in [1.807, 2.05) is 121 Å². The van der Waals surface area contributed by atoms with Crippen molar-refractivity contribution in [2.24, 2.45) is 0 Å². The number of imidazole rings is 1. The van der Waals surface area contributed by atoms with Crippen molar-refractivity contribution in [1.82, 2.24) is 28.9 Å². The zero-order valence-corrected chi connectivity index (χ0v) is 30.0. The third-order valence-corrected chi connectivity index (χ3v) is 10.6. The van der Waals surface area contributed by atoms with Crippen molar-refractivity contribution in [3.05, 3.63) is 174 Å². The highest BCUT2D eigenvalue weighted by molar-refractivity contribution is 7.71. The first-order chi connectivity index (χ1) is 27.2. The van der Waals surface area contributed by atoms with Crippen LogP contribution in [0.1, 0.15) is 0 Å². The number of hydrogen-bond acceptors (Lipinski definition) is 6. The summed E-state index contributed by atoms with van der Waals surface area (Å²) in [5, 5.41) is 1.99. The summed E-state index contributed by atoms with van der Waals surface area (Å²) in [4.78, 5) is 19.9. The fraction of sp³-hybridized carbons (Fsp3) is 0. The number of aromatic nitrogens is 6. The van der Waals surface area contributed by atoms with Crippen molar-refractivity contribution in [2.75, 3.05) is 0 Å². The topological polar surface area (TPSA) is 74.0 Å². The van der Waals surface area contributed by atoms with Crippen LogP contribution >= 0.6 is 12.2 Å². The molecule has 11 aromatic rings. The Labute approximate surface area is 319 Å². The predicted octanol–water partition coefficient (Wildman–Crippen LogP) is 11.9. The summed E-state index contributed by atoms with van der Waals surface area (Å²) < 4.78 is 11.5. The van der Waals surface area contributed by atoms with Gasteiger partial charge in [-0.25, -0.2) is 19.9 Å². The van der Waals surface area contributed by atoms with Crippen LogP contribution in [0.5, 0.6) is 0 Å². The summed E-state index contributed by atoms with van der Waals surface area (Å²) in [6.45, 7) is 0. The Bertz CT molecular complexity index is 3280. The lowest BCUT2D eigenvalue weighted by Crippen LogP contribution is -2.04. The third kappa shape index (κ3) is 5.07. The molecule has 7 nitrogen and oxygen atoms in total. The van der Waals surface area contributed by atoms with E-state index in [0.717, 1.165) is 83.2 Å². The van der Waals surface area contributed by atoms with Crippen molar-refractivity contribution >= 4 is 61.9 Å². The van der Waals surface area contributed by atoms with Crippen molar-refractivity contribution in [1.29, 1.82) is 0 Å². The molecule has 7 aromatic carbocycles. The normalized spacial score (nSPS) is 11.7. The van der Waals surface area contributed by atoms with Crippen LogP contribution in [-0.2, 0) is 0 Å². The zero-order valence-electron chi connectivity index (χ0n) is 29.2. The van der Waals surface area contributed by atoms with Gasteiger partial charge in [-0.15, -0.1) is 0 Å². The van der Waals surface area contributed by atoms with E-state index >= 15 is 0 Å². The van der Waals surface area contributed by atoms with Gasteiger partial charge in [0.15, 0.2) is 27.8 Å². The van der Waals surface area contributed by atoms with Crippen molar-refractivity contribution in [3.8, 4) is 51.0 Å². The highest BCUT2D eigenvalue weighted by Crippen LogP contribution is 2.40. The van der Waals surface area contributed by atoms with Crippen LogP contribution in [0.15, 0.2) is 174 Å². The lowest BCUT2D eigenvalue weighted by molar-refractivity contribution is 0.669. The van der Waals surface area contributed by atoms with Crippen LogP contribution in [0.3, 0.4) is 0 Å². The number of para-hydroxylation sites is 3. The quantitative estimate of drug-likeness (QED) is 0.165. The fourth-order valence-electron chi connectivity index (χ4n) is 7.66. The molecule has 0 aliphatic carbocycles. The van der Waals surface area contributed by atoms with Gasteiger partial charge in [0.2, 0.25) is 0 Å². The van der Waals surface area contributed by atoms with E-state index in [2.05, 4.69) is 57.5 Å². The maximum Gasteiger partial charge on any atom is 0.174 e. The maximum absolute atomic E-state index is 6.50. The minimum Gasteiger partial charge on any atom is -0.456 e. The Hall–Kier alpha value is -7.29. The molecule has 0 amide bonds. The Morgan fingerprint density at radius 1 is 0.455 bits per heavy atom. The molecule has 0 bridgehead atoms. The van der Waals surface area contributed by atoms with Crippen LogP contribution < -0.4 is 0 Å². The highest BCUT2D eigenvalue weighted by atomic mass is 32.1. The number of rotatable bonds is 5. The summed E-state index contributed by atoms with van der Waals surface area (Å²) >= 11 is 6.15. The minimum absolute atomic E-state index is 0.590. The van der Waals surface area contributed by atoms with Gasteiger partial charge in [0.1, 0.15) is 11.2 Å². The molecular weight excluding hydrogens is 697 g/mol. The smallest absolute Gasteiger partial charge is 0.174 e. The zero-order chi connectivity index (χ0) is 36.5. The van der Waals surface area contributed by atoms with E-state index < -0.39 is 0 Å². The second-order valence-corrected chi connectivity index (χ2v) is 13.9. The maximum atomic E-state index is 6.50. The van der Waals surface area contributed by atoms with E-state index in [1.165, 1.54) is 0 Å². The van der Waals surface area contributed by atoms with Gasteiger partial charge in [0.25, 0.3) is 0 Å². The molecule has 0 unspecified atom stereocenters. The van der Waals surface area contributed by atoms with Crippen molar-refractivity contribution < 1.29 is 4.42 Å². The van der Waals surface area contributed by atoms with Crippen LogP contribution in [0.25, 0.3) is 101 Å². The fourth-order valence-corrected chi connectivity index (χ4v) is 8.00. The van der Waals surface area contributed by atoms with Crippen LogP contribution in [0, 0.1) is 4.64 Å². The summed E-state index contributed by atoms with van der Waals surface area (Å²) in [5.74, 6) is 1.82. The van der Waals surface area contributed by atoms with Crippen molar-refractivity contribution in [3.63, 3.8) is 0 Å². The second kappa shape index (κ2) is 12.4. The monoisotopic (exact) mass is 724 g/mol. The summed E-state index contributed by atoms with van der Waals surface area (Å²) in [6.07, 6.45) is 0. The van der Waals surface area contributed by atoms with Gasteiger partial charge in [0.05, 0.1) is 22.1 Å². The lowest BCUT2D eigenvalue weighted by Gasteiger charge is -2.15. The number of hydrogen-bond donors (Lipinski definition) is 0. The van der Waals surface area contributed by atoms with E-state index in [4.69, 9.17) is 36.6 Å². The first kappa shape index (κ1) is 31.3. The average Bonchev–Trinajstić information content (AvgIpc) is 3.84. The van der Waals surface area contributed by atoms with Gasteiger partial charge < -0.3 is 4.42 Å². The SMILES string of the molecule is S=c1c2nc3ccccc3n2c2cc(-c3cccc4oc5ccc(-c6nc(-c7ccccc7)nc(-c7ccccc7)n6)cc5c34)ccc2n1-c1ccccc1. The molecule has 0 aliphatic rings. The molecule has 8 heteroatoms. The van der Waals surface area contributed by atoms with Gasteiger partial charge >= 0.3 is 0 Å². The molecule has 4 heterocycles. The molecular formula is C47H28N6OS. The average molecular weight is 725 g/mol. The highest BCUT2D eigenvalue weighted by Gasteiger charge is 2.19. The first-order valence-corrected chi connectivity index (χ1v) is 18.4.